The topological polar surface area (TPSA) is 127 Å². The molecule has 1 aromatic rings. The summed E-state index contributed by atoms with van der Waals surface area (Å²) < 4.78 is 0.726. The predicted molar refractivity (Wildman–Crippen MR) is 93.0 cm³/mol. The molecule has 0 bridgehead atoms. The van der Waals surface area contributed by atoms with Gasteiger partial charge in [0, 0.05) is 12.7 Å². The molecule has 0 aromatic carbocycles. The molecular formula is C17H25N5O5. The summed E-state index contributed by atoms with van der Waals surface area (Å²) in [6.45, 7) is 2.25. The molecule has 0 unspecified atom stereocenters. The Morgan fingerprint density at radius 3 is 2.93 bits per heavy atom. The van der Waals surface area contributed by atoms with E-state index < -0.39 is 17.9 Å². The zero-order chi connectivity index (χ0) is 19.8. The van der Waals surface area contributed by atoms with Gasteiger partial charge in [0.1, 0.15) is 6.04 Å². The van der Waals surface area contributed by atoms with Gasteiger partial charge in [-0.25, -0.2) is 10.5 Å². The fourth-order valence-corrected chi connectivity index (χ4v) is 2.94. The molecule has 2 atom stereocenters. The highest BCUT2D eigenvalue weighted by Crippen LogP contribution is 2.18. The first-order valence-corrected chi connectivity index (χ1v) is 8.90. The summed E-state index contributed by atoms with van der Waals surface area (Å²) >= 11 is 0. The minimum atomic E-state index is -0.815. The zero-order valence-corrected chi connectivity index (χ0v) is 15.2. The van der Waals surface area contributed by atoms with Gasteiger partial charge >= 0.3 is 0 Å². The van der Waals surface area contributed by atoms with Crippen LogP contribution in [0.25, 0.3) is 0 Å². The van der Waals surface area contributed by atoms with Crippen LogP contribution in [0, 0.1) is 5.92 Å². The van der Waals surface area contributed by atoms with E-state index in [-0.39, 0.29) is 24.3 Å². The molecule has 10 nitrogen and oxygen atoms in total. The van der Waals surface area contributed by atoms with Crippen molar-refractivity contribution < 1.29 is 24.8 Å². The second kappa shape index (κ2) is 9.83. The van der Waals surface area contributed by atoms with Crippen LogP contribution in [0.5, 0.6) is 0 Å². The molecule has 2 heterocycles. The fourth-order valence-electron chi connectivity index (χ4n) is 2.94. The Morgan fingerprint density at radius 2 is 2.26 bits per heavy atom. The molecule has 148 valence electrons. The number of hydrazine groups is 1. The van der Waals surface area contributed by atoms with Crippen LogP contribution in [0.1, 0.15) is 32.6 Å². The molecule has 1 aliphatic heterocycles. The molecule has 1 saturated heterocycles. The van der Waals surface area contributed by atoms with E-state index in [4.69, 9.17) is 0 Å². The summed E-state index contributed by atoms with van der Waals surface area (Å²) in [5.41, 5.74) is 2.94. The minimum Gasteiger partial charge on any atom is -0.427 e. The van der Waals surface area contributed by atoms with Crippen molar-refractivity contribution in [3.05, 3.63) is 29.9 Å². The number of pyridine rings is 1. The van der Waals surface area contributed by atoms with Crippen molar-refractivity contribution in [2.24, 2.45) is 10.9 Å². The predicted octanol–water partition coefficient (Wildman–Crippen LogP) is -0.0878. The maximum absolute atomic E-state index is 12.9. The lowest BCUT2D eigenvalue weighted by Crippen LogP contribution is -2.50. The number of aromatic nitrogens is 1. The smallest absolute Gasteiger partial charge is 0.272 e. The Kier molecular flexibility index (Phi) is 7.50. The monoisotopic (exact) mass is 379 g/mol. The van der Waals surface area contributed by atoms with Crippen LogP contribution >= 0.6 is 0 Å². The Labute approximate surface area is 156 Å². The van der Waals surface area contributed by atoms with Gasteiger partial charge in [0.25, 0.3) is 5.91 Å². The Balaban J connectivity index is 2.18. The van der Waals surface area contributed by atoms with Crippen LogP contribution < -0.4 is 10.9 Å². The fraction of sp³-hybridized carbons (Fsp3) is 0.529. The normalized spacial score (nSPS) is 18.4. The third-order valence-electron chi connectivity index (χ3n) is 4.36. The first-order chi connectivity index (χ1) is 13.0. The van der Waals surface area contributed by atoms with E-state index in [1.54, 1.807) is 12.1 Å². The van der Waals surface area contributed by atoms with E-state index in [2.05, 4.69) is 10.4 Å². The standard InChI is InChI=1S/C17H25N5O5/c1-2-3-6-13(11-20(26)12-23)17(25)22-14(8-9-18-22)16(24)19-15-7-4-5-10-21(15)27/h4-5,7,10,12-14,18,26-27H,2-3,6,8-9,11H2,1H3/t13-,14+/m1/s1. The zero-order valence-electron chi connectivity index (χ0n) is 15.2. The SMILES string of the molecule is CCCC[C@H](CN(O)C=O)C(=O)N1NCC[C@H]1C(=O)N=c1ccccn1O. The van der Waals surface area contributed by atoms with Gasteiger partial charge < -0.3 is 5.21 Å². The van der Waals surface area contributed by atoms with Gasteiger partial charge in [0.15, 0.2) is 5.49 Å². The molecule has 1 aliphatic rings. The molecule has 0 spiro atoms. The van der Waals surface area contributed by atoms with Gasteiger partial charge in [-0.2, -0.15) is 9.72 Å². The quantitative estimate of drug-likeness (QED) is 0.251. The number of carbonyl (C=O) groups is 3. The van der Waals surface area contributed by atoms with E-state index in [0.717, 1.165) is 17.6 Å². The highest BCUT2D eigenvalue weighted by Gasteiger charge is 2.37. The van der Waals surface area contributed by atoms with Gasteiger partial charge in [0.05, 0.1) is 12.5 Å². The Bertz CT molecular complexity index is 734. The number of amides is 3. The molecule has 0 radical (unpaired) electrons. The minimum absolute atomic E-state index is 0.0619. The van der Waals surface area contributed by atoms with Crippen molar-refractivity contribution in [2.75, 3.05) is 13.1 Å². The number of unbranched alkanes of at least 4 members (excludes halogenated alkanes) is 1. The first-order valence-electron chi connectivity index (χ1n) is 8.90. The van der Waals surface area contributed by atoms with Crippen molar-refractivity contribution in [1.82, 2.24) is 20.2 Å². The van der Waals surface area contributed by atoms with Crippen LogP contribution in [0.4, 0.5) is 0 Å². The highest BCUT2D eigenvalue weighted by atomic mass is 16.5. The lowest BCUT2D eigenvalue weighted by Gasteiger charge is -2.27. The highest BCUT2D eigenvalue weighted by molar-refractivity contribution is 5.89. The lowest BCUT2D eigenvalue weighted by atomic mass is 10.00. The number of hydrogen-bond donors (Lipinski definition) is 3. The average Bonchev–Trinajstić information content (AvgIpc) is 3.16. The van der Waals surface area contributed by atoms with E-state index in [0.29, 0.717) is 24.4 Å². The van der Waals surface area contributed by atoms with Crippen molar-refractivity contribution in [2.45, 2.75) is 38.6 Å². The van der Waals surface area contributed by atoms with Gasteiger partial charge in [-0.15, -0.1) is 0 Å². The molecule has 0 saturated carbocycles. The number of rotatable bonds is 8. The largest absolute Gasteiger partial charge is 0.427 e. The number of hydroxylamine groups is 2. The van der Waals surface area contributed by atoms with Gasteiger partial charge in [-0.05, 0) is 25.0 Å². The summed E-state index contributed by atoms with van der Waals surface area (Å²) in [7, 11) is 0. The summed E-state index contributed by atoms with van der Waals surface area (Å²) in [6, 6.07) is 3.88. The van der Waals surface area contributed by atoms with Crippen molar-refractivity contribution in [3.8, 4) is 0 Å². The van der Waals surface area contributed by atoms with Gasteiger partial charge in [-0.1, -0.05) is 25.8 Å². The number of hydrogen-bond acceptors (Lipinski definition) is 6. The molecule has 27 heavy (non-hydrogen) atoms. The molecule has 10 heteroatoms. The number of nitrogens with zero attached hydrogens (tertiary/aromatic N) is 4. The van der Waals surface area contributed by atoms with E-state index in [1.165, 1.54) is 17.3 Å². The Morgan fingerprint density at radius 1 is 1.48 bits per heavy atom. The third-order valence-corrected chi connectivity index (χ3v) is 4.36. The van der Waals surface area contributed by atoms with Crippen molar-refractivity contribution in [3.63, 3.8) is 0 Å². The van der Waals surface area contributed by atoms with Crippen molar-refractivity contribution >= 4 is 18.2 Å². The first kappa shape index (κ1) is 20.6. The second-order valence-electron chi connectivity index (χ2n) is 6.34. The third kappa shape index (κ3) is 5.38. The van der Waals surface area contributed by atoms with E-state index in [1.807, 2.05) is 6.92 Å². The Hall–Kier alpha value is -2.72. The molecule has 2 rings (SSSR count). The van der Waals surface area contributed by atoms with Crippen LogP contribution in [0.3, 0.4) is 0 Å². The maximum atomic E-state index is 12.9. The lowest BCUT2D eigenvalue weighted by molar-refractivity contribution is -0.159. The molecule has 1 fully saturated rings. The van der Waals surface area contributed by atoms with E-state index in [9.17, 15) is 24.8 Å². The van der Waals surface area contributed by atoms with Crippen LogP contribution in [0.2, 0.25) is 0 Å². The summed E-state index contributed by atoms with van der Waals surface area (Å²) in [5.74, 6) is -1.58. The van der Waals surface area contributed by atoms with E-state index >= 15 is 0 Å². The van der Waals surface area contributed by atoms with Crippen LogP contribution in [0.15, 0.2) is 29.4 Å². The maximum Gasteiger partial charge on any atom is 0.272 e. The molecule has 1 aromatic heterocycles. The molecular weight excluding hydrogens is 354 g/mol. The van der Waals surface area contributed by atoms with Crippen LogP contribution in [-0.2, 0) is 14.4 Å². The van der Waals surface area contributed by atoms with Crippen LogP contribution in [-0.4, -0.2) is 62.6 Å². The number of nitrogens with one attached hydrogen (secondary N) is 1. The average molecular weight is 379 g/mol. The van der Waals surface area contributed by atoms with Gasteiger partial charge in [-0.3, -0.25) is 24.6 Å². The number of carbonyl (C=O) groups excluding carboxylic acids is 3. The van der Waals surface area contributed by atoms with Gasteiger partial charge in [0.2, 0.25) is 12.3 Å². The molecule has 0 aliphatic carbocycles. The second-order valence-corrected chi connectivity index (χ2v) is 6.34. The molecule has 3 amide bonds. The summed E-state index contributed by atoms with van der Waals surface area (Å²) in [5, 5.41) is 20.8. The summed E-state index contributed by atoms with van der Waals surface area (Å²) in [6.07, 6.45) is 4.05. The van der Waals surface area contributed by atoms with Crippen molar-refractivity contribution in [1.29, 1.82) is 0 Å². The summed E-state index contributed by atoms with van der Waals surface area (Å²) in [4.78, 5) is 40.1. The molecule has 3 N–H and O–H groups in total.